The fourth-order valence-corrected chi connectivity index (χ4v) is 4.58. The lowest BCUT2D eigenvalue weighted by Gasteiger charge is -2.17. The van der Waals surface area contributed by atoms with Crippen LogP contribution in [0, 0.1) is 5.82 Å². The lowest BCUT2D eigenvalue weighted by atomic mass is 10.1. The quantitative estimate of drug-likeness (QED) is 0.350. The maximum Gasteiger partial charge on any atom is 0.386 e. The van der Waals surface area contributed by atoms with Gasteiger partial charge in [0.05, 0.1) is 36.5 Å². The summed E-state index contributed by atoms with van der Waals surface area (Å²) in [7, 11) is 0. The molecule has 2 atom stereocenters. The maximum absolute atomic E-state index is 13.5. The number of hydrogen-bond acceptors (Lipinski definition) is 7. The molecule has 1 N–H and O–H groups in total. The molecule has 2 bridgehead atoms. The van der Waals surface area contributed by atoms with E-state index in [0.29, 0.717) is 23.7 Å². The molecule has 0 radical (unpaired) electrons. The second kappa shape index (κ2) is 11.0. The fourth-order valence-electron chi connectivity index (χ4n) is 4.41. The van der Waals surface area contributed by atoms with Crippen LogP contribution in [0.4, 0.5) is 4.39 Å². The second-order valence-electron chi connectivity index (χ2n) is 9.27. The van der Waals surface area contributed by atoms with Crippen molar-refractivity contribution >= 4 is 22.5 Å². The van der Waals surface area contributed by atoms with Gasteiger partial charge in [0, 0.05) is 28.2 Å². The molecule has 2 unspecified atom stereocenters. The molecule has 39 heavy (non-hydrogen) atoms. The lowest BCUT2D eigenvalue weighted by molar-refractivity contribution is 0.210. The predicted molar refractivity (Wildman–Crippen MR) is 143 cm³/mol. The van der Waals surface area contributed by atoms with Crippen LogP contribution in [0.3, 0.4) is 0 Å². The van der Waals surface area contributed by atoms with E-state index < -0.39 is 23.0 Å². The minimum absolute atomic E-state index is 0.0344. The molecule has 0 saturated heterocycles. The van der Waals surface area contributed by atoms with Gasteiger partial charge in [-0.05, 0) is 69.3 Å². The van der Waals surface area contributed by atoms with E-state index in [-0.39, 0.29) is 30.6 Å². The molecule has 4 aromatic rings. The number of halogens is 2. The summed E-state index contributed by atoms with van der Waals surface area (Å²) in [6, 6.07) is 12.1. The molecule has 0 aliphatic carbocycles. The number of nitrogens with zero attached hydrogens (tertiary/aromatic N) is 3. The topological polar surface area (TPSA) is 114 Å². The van der Waals surface area contributed by atoms with Gasteiger partial charge in [-0.1, -0.05) is 11.6 Å². The Labute approximate surface area is 226 Å². The van der Waals surface area contributed by atoms with Gasteiger partial charge in [-0.2, -0.15) is 0 Å². The SMILES string of the molecule is CC(CCNC(C)c1cc(=O)on2c(=O)n(oc1=O)CC2)Oc1cn(-c2ccc(F)cc2)c2ccc(Cl)cc12. The molecule has 0 saturated carbocycles. The first kappa shape index (κ1) is 26.5. The Kier molecular flexibility index (Phi) is 7.45. The average Bonchev–Trinajstić information content (AvgIpc) is 3.43. The van der Waals surface area contributed by atoms with E-state index in [2.05, 4.69) is 5.32 Å². The van der Waals surface area contributed by atoms with Crippen molar-refractivity contribution in [3.05, 3.63) is 102 Å². The summed E-state index contributed by atoms with van der Waals surface area (Å²) in [4.78, 5) is 37.0. The molecule has 2 aromatic carbocycles. The highest BCUT2D eigenvalue weighted by Gasteiger charge is 2.18. The third kappa shape index (κ3) is 5.69. The molecule has 0 fully saturated rings. The van der Waals surface area contributed by atoms with Crippen LogP contribution in [0.2, 0.25) is 5.02 Å². The smallest absolute Gasteiger partial charge is 0.386 e. The van der Waals surface area contributed by atoms with Crippen LogP contribution in [0.5, 0.6) is 5.75 Å². The number of aromatic nitrogens is 3. The highest BCUT2D eigenvalue weighted by molar-refractivity contribution is 6.31. The van der Waals surface area contributed by atoms with Crippen LogP contribution in [0.1, 0.15) is 31.9 Å². The number of ether oxygens (including phenoxy) is 1. The minimum Gasteiger partial charge on any atom is -0.488 e. The van der Waals surface area contributed by atoms with Gasteiger partial charge in [0.15, 0.2) is 0 Å². The van der Waals surface area contributed by atoms with Crippen molar-refractivity contribution in [1.29, 1.82) is 0 Å². The Balaban J connectivity index is 1.31. The molecule has 204 valence electrons. The molecule has 0 amide bonds. The first-order valence-electron chi connectivity index (χ1n) is 12.4. The first-order valence-corrected chi connectivity index (χ1v) is 12.8. The number of aryl methyl sites for hydroxylation is 2. The van der Waals surface area contributed by atoms with Crippen molar-refractivity contribution < 1.29 is 18.2 Å². The standard InChI is InChI=1S/C27H26ClFN4O6/c1-16(9-10-30-17(2)21-14-25(34)38-32-11-12-33(27(32)36)39-26(21)35)37-24-15-31(20-6-4-19(29)5-7-20)23-8-3-18(28)13-22(23)24/h3-8,13-17,30H,9-12H2,1-2H3. The predicted octanol–water partition coefficient (Wildman–Crippen LogP) is 3.94. The Hall–Kier alpha value is -4.09. The molecule has 1 aliphatic heterocycles. The van der Waals surface area contributed by atoms with Gasteiger partial charge < -0.3 is 23.7 Å². The summed E-state index contributed by atoms with van der Waals surface area (Å²) in [5.74, 6) is 0.295. The monoisotopic (exact) mass is 556 g/mol. The largest absolute Gasteiger partial charge is 0.488 e. The molecule has 1 aliphatic rings. The summed E-state index contributed by atoms with van der Waals surface area (Å²) in [5, 5.41) is 4.56. The third-order valence-electron chi connectivity index (χ3n) is 6.47. The number of fused-ring (bicyclic) bond motifs is 3. The molecular formula is C27H26ClFN4O6. The fraction of sp³-hybridized carbons (Fsp3) is 0.296. The van der Waals surface area contributed by atoms with Crippen LogP contribution in [0.15, 0.2) is 78.2 Å². The van der Waals surface area contributed by atoms with Crippen molar-refractivity contribution in [2.45, 2.75) is 45.5 Å². The number of nitrogens with one attached hydrogen (secondary N) is 1. The minimum atomic E-state index is -0.833. The molecule has 0 spiro atoms. The van der Waals surface area contributed by atoms with Crippen LogP contribution in [-0.2, 0) is 13.1 Å². The number of benzene rings is 2. The van der Waals surface area contributed by atoms with E-state index in [4.69, 9.17) is 25.4 Å². The lowest BCUT2D eigenvalue weighted by Crippen LogP contribution is -2.28. The van der Waals surface area contributed by atoms with Gasteiger partial charge in [-0.25, -0.2) is 18.8 Å². The normalized spacial score (nSPS) is 13.8. The summed E-state index contributed by atoms with van der Waals surface area (Å²) in [6.07, 6.45) is 2.15. The second-order valence-corrected chi connectivity index (χ2v) is 9.71. The maximum atomic E-state index is 13.5. The number of hydrogen-bond donors (Lipinski definition) is 1. The highest BCUT2D eigenvalue weighted by Crippen LogP contribution is 2.33. The van der Waals surface area contributed by atoms with Crippen LogP contribution in [0.25, 0.3) is 16.6 Å². The Morgan fingerprint density at radius 2 is 1.74 bits per heavy atom. The van der Waals surface area contributed by atoms with E-state index in [1.54, 1.807) is 25.1 Å². The van der Waals surface area contributed by atoms with Crippen molar-refractivity contribution in [3.8, 4) is 11.4 Å². The Morgan fingerprint density at radius 3 is 2.49 bits per heavy atom. The van der Waals surface area contributed by atoms with Crippen molar-refractivity contribution in [1.82, 2.24) is 19.4 Å². The average molecular weight is 557 g/mol. The van der Waals surface area contributed by atoms with E-state index in [1.807, 2.05) is 29.8 Å². The van der Waals surface area contributed by atoms with Gasteiger partial charge >= 0.3 is 16.9 Å². The number of rotatable bonds is 8. The summed E-state index contributed by atoms with van der Waals surface area (Å²) >= 11 is 6.25. The zero-order chi connectivity index (χ0) is 27.7. The molecule has 3 heterocycles. The first-order chi connectivity index (χ1) is 18.7. The van der Waals surface area contributed by atoms with Crippen molar-refractivity contribution in [2.24, 2.45) is 0 Å². The van der Waals surface area contributed by atoms with Gasteiger partial charge in [-0.15, -0.1) is 9.48 Å². The molecule has 2 aromatic heterocycles. The molecule has 10 nitrogen and oxygen atoms in total. The van der Waals surface area contributed by atoms with Crippen LogP contribution < -0.4 is 27.0 Å². The summed E-state index contributed by atoms with van der Waals surface area (Å²) < 4.78 is 33.5. The van der Waals surface area contributed by atoms with Gasteiger partial charge in [0.1, 0.15) is 11.6 Å². The molecule has 12 heteroatoms. The molecular weight excluding hydrogens is 531 g/mol. The van der Waals surface area contributed by atoms with E-state index in [1.165, 1.54) is 12.1 Å². The zero-order valence-electron chi connectivity index (χ0n) is 21.2. The zero-order valence-corrected chi connectivity index (χ0v) is 22.0. The van der Waals surface area contributed by atoms with Gasteiger partial charge in [0.2, 0.25) is 0 Å². The van der Waals surface area contributed by atoms with Crippen LogP contribution >= 0.6 is 11.6 Å². The Bertz CT molecular complexity index is 1750. The van der Waals surface area contributed by atoms with Crippen molar-refractivity contribution in [3.63, 3.8) is 0 Å². The highest BCUT2D eigenvalue weighted by atomic mass is 35.5. The summed E-state index contributed by atoms with van der Waals surface area (Å²) in [5.41, 5.74) is -0.679. The molecule has 5 rings (SSSR count). The van der Waals surface area contributed by atoms with Gasteiger partial charge in [0.25, 0.3) is 0 Å². The Morgan fingerprint density at radius 1 is 1.03 bits per heavy atom. The third-order valence-corrected chi connectivity index (χ3v) is 6.70. The van der Waals surface area contributed by atoms with E-state index >= 15 is 0 Å². The van der Waals surface area contributed by atoms with E-state index in [9.17, 15) is 18.8 Å². The van der Waals surface area contributed by atoms with Gasteiger partial charge in [-0.3, -0.25) is 0 Å². The van der Waals surface area contributed by atoms with E-state index in [0.717, 1.165) is 32.1 Å². The van der Waals surface area contributed by atoms with Crippen molar-refractivity contribution in [2.75, 3.05) is 6.54 Å². The summed E-state index contributed by atoms with van der Waals surface area (Å²) in [6.45, 7) is 4.27. The van der Waals surface area contributed by atoms with Crippen LogP contribution in [-0.4, -0.2) is 26.7 Å².